The molecule has 0 radical (unpaired) electrons. The monoisotopic (exact) mass is 272 g/mol. The van der Waals surface area contributed by atoms with Crippen molar-refractivity contribution >= 4 is 17.8 Å². The number of carboxylic acids is 1. The van der Waals surface area contributed by atoms with Crippen molar-refractivity contribution in [2.45, 2.75) is 53.0 Å². The smallest absolute Gasteiger partial charge is 0.305 e. The summed E-state index contributed by atoms with van der Waals surface area (Å²) in [5, 5.41) is 13.9. The maximum atomic E-state index is 11.6. The molecule has 0 bridgehead atoms. The van der Waals surface area contributed by atoms with Crippen molar-refractivity contribution in [2.24, 2.45) is 5.41 Å². The van der Waals surface area contributed by atoms with Gasteiger partial charge in [-0.1, -0.05) is 34.1 Å². The Bertz CT molecular complexity index is 334. The van der Waals surface area contributed by atoms with E-state index in [9.17, 15) is 14.4 Å². The molecular formula is C13H24N2O4. The lowest BCUT2D eigenvalue weighted by atomic mass is 9.96. The molecule has 1 atom stereocenters. The van der Waals surface area contributed by atoms with Crippen LogP contribution in [0.4, 0.5) is 0 Å². The Morgan fingerprint density at radius 2 is 1.79 bits per heavy atom. The Morgan fingerprint density at radius 3 is 2.21 bits per heavy atom. The maximum absolute atomic E-state index is 11.6. The first-order valence-corrected chi connectivity index (χ1v) is 6.46. The average molecular weight is 272 g/mol. The van der Waals surface area contributed by atoms with Crippen LogP contribution in [0.3, 0.4) is 0 Å². The normalized spacial score (nSPS) is 12.6. The molecule has 6 heteroatoms. The van der Waals surface area contributed by atoms with E-state index in [0.717, 1.165) is 6.42 Å². The summed E-state index contributed by atoms with van der Waals surface area (Å²) in [7, 11) is 0. The van der Waals surface area contributed by atoms with Crippen molar-refractivity contribution in [3.8, 4) is 0 Å². The van der Waals surface area contributed by atoms with E-state index in [0.29, 0.717) is 6.42 Å². The first-order valence-electron chi connectivity index (χ1n) is 6.46. The maximum Gasteiger partial charge on any atom is 0.305 e. The molecule has 0 aromatic carbocycles. The van der Waals surface area contributed by atoms with Crippen LogP contribution in [-0.2, 0) is 14.4 Å². The van der Waals surface area contributed by atoms with Crippen LogP contribution in [0.25, 0.3) is 0 Å². The molecular weight excluding hydrogens is 248 g/mol. The second-order valence-electron chi connectivity index (χ2n) is 5.58. The van der Waals surface area contributed by atoms with E-state index in [1.54, 1.807) is 20.8 Å². The van der Waals surface area contributed by atoms with E-state index in [2.05, 4.69) is 10.6 Å². The van der Waals surface area contributed by atoms with Crippen LogP contribution in [0.5, 0.6) is 0 Å². The Balaban J connectivity index is 4.20. The molecule has 0 aliphatic carbocycles. The second-order valence-corrected chi connectivity index (χ2v) is 5.58. The third kappa shape index (κ3) is 8.18. The van der Waals surface area contributed by atoms with E-state index >= 15 is 0 Å². The molecule has 2 amide bonds. The summed E-state index contributed by atoms with van der Waals surface area (Å²) in [5.74, 6) is -1.53. The number of hydrogen-bond acceptors (Lipinski definition) is 3. The number of carboxylic acid groups (broad SMARTS) is 1. The van der Waals surface area contributed by atoms with Gasteiger partial charge in [-0.25, -0.2) is 0 Å². The fourth-order valence-corrected chi connectivity index (χ4v) is 1.49. The predicted octanol–water partition coefficient (Wildman–Crippen LogP) is 0.908. The minimum Gasteiger partial charge on any atom is -0.481 e. The van der Waals surface area contributed by atoms with Gasteiger partial charge < -0.3 is 15.7 Å². The molecule has 0 fully saturated rings. The van der Waals surface area contributed by atoms with Crippen LogP contribution in [-0.4, -0.2) is 35.5 Å². The van der Waals surface area contributed by atoms with Gasteiger partial charge in [0.1, 0.15) is 0 Å². The Kier molecular flexibility index (Phi) is 7.11. The molecule has 0 saturated carbocycles. The van der Waals surface area contributed by atoms with E-state index in [1.165, 1.54) is 0 Å². The summed E-state index contributed by atoms with van der Waals surface area (Å²) >= 11 is 0. The molecule has 0 rings (SSSR count). The molecule has 0 aliphatic heterocycles. The summed E-state index contributed by atoms with van der Waals surface area (Å²) in [6.07, 6.45) is 1.28. The predicted molar refractivity (Wildman–Crippen MR) is 71.6 cm³/mol. The lowest BCUT2D eigenvalue weighted by Gasteiger charge is -2.19. The summed E-state index contributed by atoms with van der Waals surface area (Å²) in [6.45, 7) is 7.05. The zero-order valence-corrected chi connectivity index (χ0v) is 12.1. The third-order valence-electron chi connectivity index (χ3n) is 2.51. The molecule has 0 aromatic heterocycles. The van der Waals surface area contributed by atoms with Crippen LogP contribution in [0, 0.1) is 5.41 Å². The summed E-state index contributed by atoms with van der Waals surface area (Å²) in [6, 6.07) is -0.387. The van der Waals surface area contributed by atoms with Crippen molar-refractivity contribution in [3.63, 3.8) is 0 Å². The molecule has 0 aromatic rings. The van der Waals surface area contributed by atoms with E-state index in [-0.39, 0.29) is 30.8 Å². The standard InChI is InChI=1S/C13H24N2O4/c1-5-6-9(7-11(17)18)15-10(16)8-14-12(19)13(2,3)4/h9H,5-8H2,1-4H3,(H,14,19)(H,15,16)(H,17,18). The minimum absolute atomic E-state index is 0.104. The lowest BCUT2D eigenvalue weighted by molar-refractivity contribution is -0.138. The zero-order valence-electron chi connectivity index (χ0n) is 12.1. The van der Waals surface area contributed by atoms with Crippen molar-refractivity contribution in [1.29, 1.82) is 0 Å². The zero-order chi connectivity index (χ0) is 15.1. The molecule has 3 N–H and O–H groups in total. The Hall–Kier alpha value is -1.59. The number of rotatable bonds is 7. The molecule has 0 heterocycles. The molecule has 19 heavy (non-hydrogen) atoms. The highest BCUT2D eigenvalue weighted by Gasteiger charge is 2.22. The van der Waals surface area contributed by atoms with Crippen LogP contribution in [0.15, 0.2) is 0 Å². The van der Waals surface area contributed by atoms with Gasteiger partial charge in [-0.3, -0.25) is 14.4 Å². The summed E-state index contributed by atoms with van der Waals surface area (Å²) < 4.78 is 0. The summed E-state index contributed by atoms with van der Waals surface area (Å²) in [4.78, 5) is 33.8. The van der Waals surface area contributed by atoms with Gasteiger partial charge in [0.2, 0.25) is 11.8 Å². The van der Waals surface area contributed by atoms with Crippen molar-refractivity contribution in [1.82, 2.24) is 10.6 Å². The first kappa shape index (κ1) is 17.4. The molecule has 0 saturated heterocycles. The van der Waals surface area contributed by atoms with Gasteiger partial charge in [-0.15, -0.1) is 0 Å². The van der Waals surface area contributed by atoms with Crippen LogP contribution in [0.1, 0.15) is 47.0 Å². The molecule has 0 spiro atoms. The molecule has 0 aliphatic rings. The number of hydrogen-bond donors (Lipinski definition) is 3. The van der Waals surface area contributed by atoms with Gasteiger partial charge in [-0.2, -0.15) is 0 Å². The SMILES string of the molecule is CCCC(CC(=O)O)NC(=O)CNC(=O)C(C)(C)C. The van der Waals surface area contributed by atoms with E-state index < -0.39 is 11.4 Å². The van der Waals surface area contributed by atoms with Gasteiger partial charge in [-0.05, 0) is 6.42 Å². The van der Waals surface area contributed by atoms with Gasteiger partial charge in [0.25, 0.3) is 0 Å². The molecule has 6 nitrogen and oxygen atoms in total. The van der Waals surface area contributed by atoms with Crippen LogP contribution >= 0.6 is 0 Å². The molecule has 1 unspecified atom stereocenters. The number of nitrogens with one attached hydrogen (secondary N) is 2. The lowest BCUT2D eigenvalue weighted by Crippen LogP contribution is -2.45. The average Bonchev–Trinajstić information content (AvgIpc) is 2.23. The van der Waals surface area contributed by atoms with Gasteiger partial charge in [0, 0.05) is 11.5 Å². The Morgan fingerprint density at radius 1 is 1.21 bits per heavy atom. The Labute approximate surface area is 113 Å². The highest BCUT2D eigenvalue weighted by Crippen LogP contribution is 2.11. The van der Waals surface area contributed by atoms with Crippen LogP contribution < -0.4 is 10.6 Å². The fourth-order valence-electron chi connectivity index (χ4n) is 1.49. The highest BCUT2D eigenvalue weighted by atomic mass is 16.4. The third-order valence-corrected chi connectivity index (χ3v) is 2.51. The topological polar surface area (TPSA) is 95.5 Å². The van der Waals surface area contributed by atoms with Crippen molar-refractivity contribution < 1.29 is 19.5 Å². The van der Waals surface area contributed by atoms with Crippen molar-refractivity contribution in [3.05, 3.63) is 0 Å². The van der Waals surface area contributed by atoms with Gasteiger partial charge in [0.15, 0.2) is 0 Å². The second kappa shape index (κ2) is 7.76. The highest BCUT2D eigenvalue weighted by molar-refractivity contribution is 5.87. The number of aliphatic carboxylic acids is 1. The van der Waals surface area contributed by atoms with Crippen molar-refractivity contribution in [2.75, 3.05) is 6.54 Å². The quantitative estimate of drug-likeness (QED) is 0.642. The first-order chi connectivity index (χ1) is 8.66. The molecule has 110 valence electrons. The number of carbonyl (C=O) groups is 3. The van der Waals surface area contributed by atoms with E-state index in [4.69, 9.17) is 5.11 Å². The largest absolute Gasteiger partial charge is 0.481 e. The van der Waals surface area contributed by atoms with E-state index in [1.807, 2.05) is 6.92 Å². The van der Waals surface area contributed by atoms with Gasteiger partial charge in [0.05, 0.1) is 13.0 Å². The number of amides is 2. The summed E-state index contributed by atoms with van der Waals surface area (Å²) in [5.41, 5.74) is -0.551. The number of carbonyl (C=O) groups excluding carboxylic acids is 2. The van der Waals surface area contributed by atoms with Crippen LogP contribution in [0.2, 0.25) is 0 Å². The van der Waals surface area contributed by atoms with Gasteiger partial charge >= 0.3 is 5.97 Å². The fraction of sp³-hybridized carbons (Fsp3) is 0.769. The minimum atomic E-state index is -0.947.